The van der Waals surface area contributed by atoms with Crippen LogP contribution >= 0.6 is 0 Å². The average molecular weight is 496 g/mol. The number of nitrogens with zero attached hydrogens (tertiary/aromatic N) is 2. The Morgan fingerprint density at radius 2 is 1.69 bits per heavy atom. The van der Waals surface area contributed by atoms with Crippen molar-refractivity contribution in [1.29, 1.82) is 0 Å². The number of nitrogens with one attached hydrogen (secondary N) is 1. The molecule has 0 aliphatic carbocycles. The number of aryl methyl sites for hydroxylation is 1. The largest absolute Gasteiger partial charge is 0.354 e. The Balaban J connectivity index is 1.84. The summed E-state index contributed by atoms with van der Waals surface area (Å²) in [6.45, 7) is 5.89. The highest BCUT2D eigenvalue weighted by Crippen LogP contribution is 2.22. The molecule has 3 aromatic carbocycles. The molecule has 8 heteroatoms. The molecule has 0 unspecified atom stereocenters. The van der Waals surface area contributed by atoms with E-state index in [-0.39, 0.29) is 23.9 Å². The van der Waals surface area contributed by atoms with Crippen LogP contribution in [0.3, 0.4) is 0 Å². The molecule has 0 saturated heterocycles. The van der Waals surface area contributed by atoms with Crippen LogP contribution in [0.2, 0.25) is 0 Å². The smallest absolute Gasteiger partial charge is 0.243 e. The minimum Gasteiger partial charge on any atom is -0.354 e. The number of fused-ring (bicyclic) bond motifs is 1. The molecule has 0 bridgehead atoms. The van der Waals surface area contributed by atoms with E-state index in [1.807, 2.05) is 62.4 Å². The first-order chi connectivity index (χ1) is 16.6. The van der Waals surface area contributed by atoms with Gasteiger partial charge in [-0.2, -0.15) is 4.31 Å². The van der Waals surface area contributed by atoms with Gasteiger partial charge in [0.2, 0.25) is 21.8 Å². The van der Waals surface area contributed by atoms with Gasteiger partial charge in [0.15, 0.2) is 0 Å². The third-order valence-electron chi connectivity index (χ3n) is 5.94. The molecule has 1 N–H and O–H groups in total. The molecule has 0 aromatic heterocycles. The summed E-state index contributed by atoms with van der Waals surface area (Å²) in [6, 6.07) is 19.3. The first kappa shape index (κ1) is 26.4. The molecular weight excluding hydrogens is 462 g/mol. The SMILES string of the molecule is CCCNC(=O)[C@H](C)N(Cc1cccc(C)c1)C(=O)CN(C)S(=O)(=O)c1ccc2ccccc2c1. The summed E-state index contributed by atoms with van der Waals surface area (Å²) in [6.07, 6.45) is 0.775. The molecule has 3 rings (SSSR count). The Hall–Kier alpha value is -3.23. The van der Waals surface area contributed by atoms with Crippen molar-refractivity contribution in [2.45, 2.75) is 44.7 Å². The van der Waals surface area contributed by atoms with Crippen molar-refractivity contribution in [1.82, 2.24) is 14.5 Å². The van der Waals surface area contributed by atoms with E-state index in [0.29, 0.717) is 6.54 Å². The van der Waals surface area contributed by atoms with Crippen LogP contribution in [-0.2, 0) is 26.2 Å². The molecule has 35 heavy (non-hydrogen) atoms. The maximum Gasteiger partial charge on any atom is 0.243 e. The van der Waals surface area contributed by atoms with E-state index in [9.17, 15) is 18.0 Å². The molecule has 186 valence electrons. The quantitative estimate of drug-likeness (QED) is 0.465. The van der Waals surface area contributed by atoms with E-state index in [0.717, 1.165) is 32.6 Å². The zero-order valence-electron chi connectivity index (χ0n) is 20.7. The number of carbonyl (C=O) groups is 2. The number of carbonyl (C=O) groups excluding carboxylic acids is 2. The van der Waals surface area contributed by atoms with Gasteiger partial charge in [-0.25, -0.2) is 8.42 Å². The maximum atomic E-state index is 13.4. The van der Waals surface area contributed by atoms with Crippen LogP contribution < -0.4 is 5.32 Å². The topological polar surface area (TPSA) is 86.8 Å². The zero-order valence-corrected chi connectivity index (χ0v) is 21.5. The van der Waals surface area contributed by atoms with Crippen LogP contribution in [-0.4, -0.2) is 55.6 Å². The molecular formula is C27H33N3O4S. The number of sulfonamides is 1. The summed E-state index contributed by atoms with van der Waals surface area (Å²) in [5.41, 5.74) is 1.91. The highest BCUT2D eigenvalue weighted by molar-refractivity contribution is 7.89. The van der Waals surface area contributed by atoms with Gasteiger partial charge in [0.1, 0.15) is 6.04 Å². The second-order valence-corrected chi connectivity index (χ2v) is 10.8. The van der Waals surface area contributed by atoms with Crippen molar-refractivity contribution in [3.63, 3.8) is 0 Å². The highest BCUT2D eigenvalue weighted by Gasteiger charge is 2.30. The Kier molecular flexibility index (Phi) is 8.64. The average Bonchev–Trinajstić information content (AvgIpc) is 2.84. The second kappa shape index (κ2) is 11.5. The molecule has 2 amide bonds. The lowest BCUT2D eigenvalue weighted by Crippen LogP contribution is -2.50. The van der Waals surface area contributed by atoms with Gasteiger partial charge in [0.25, 0.3) is 0 Å². The first-order valence-electron chi connectivity index (χ1n) is 11.7. The van der Waals surface area contributed by atoms with E-state index in [1.54, 1.807) is 25.1 Å². The van der Waals surface area contributed by atoms with Crippen molar-refractivity contribution < 1.29 is 18.0 Å². The van der Waals surface area contributed by atoms with Gasteiger partial charge in [-0.05, 0) is 48.7 Å². The van der Waals surface area contributed by atoms with Gasteiger partial charge >= 0.3 is 0 Å². The van der Waals surface area contributed by atoms with Crippen molar-refractivity contribution in [2.24, 2.45) is 0 Å². The summed E-state index contributed by atoms with van der Waals surface area (Å²) >= 11 is 0. The Labute approximate surface area is 207 Å². The van der Waals surface area contributed by atoms with E-state index in [4.69, 9.17) is 0 Å². The van der Waals surface area contributed by atoms with Crippen LogP contribution in [0.1, 0.15) is 31.4 Å². The standard InChI is InChI=1S/C27H33N3O4S/c1-5-15-28-27(32)21(3)30(18-22-10-8-9-20(2)16-22)26(31)19-29(4)35(33,34)25-14-13-23-11-6-7-12-24(23)17-25/h6-14,16-17,21H,5,15,18-19H2,1-4H3,(H,28,32)/t21-/m0/s1. The zero-order chi connectivity index (χ0) is 25.6. The fourth-order valence-corrected chi connectivity index (χ4v) is 5.02. The summed E-state index contributed by atoms with van der Waals surface area (Å²) in [4.78, 5) is 27.6. The number of hydrogen-bond donors (Lipinski definition) is 1. The predicted molar refractivity (Wildman–Crippen MR) is 138 cm³/mol. The Morgan fingerprint density at radius 3 is 2.37 bits per heavy atom. The van der Waals surface area contributed by atoms with Crippen LogP contribution in [0.15, 0.2) is 71.6 Å². The lowest BCUT2D eigenvalue weighted by atomic mass is 10.1. The van der Waals surface area contributed by atoms with Crippen molar-refractivity contribution >= 4 is 32.6 Å². The van der Waals surface area contributed by atoms with Crippen molar-refractivity contribution in [3.05, 3.63) is 77.9 Å². The molecule has 0 heterocycles. The number of hydrogen-bond acceptors (Lipinski definition) is 4. The molecule has 0 aliphatic heterocycles. The normalized spacial score (nSPS) is 12.5. The second-order valence-electron chi connectivity index (χ2n) is 8.75. The van der Waals surface area contributed by atoms with E-state index in [1.165, 1.54) is 11.9 Å². The molecule has 7 nitrogen and oxygen atoms in total. The molecule has 0 saturated carbocycles. The van der Waals surface area contributed by atoms with Gasteiger partial charge in [-0.1, -0.05) is 67.1 Å². The van der Waals surface area contributed by atoms with Gasteiger partial charge in [-0.3, -0.25) is 9.59 Å². The van der Waals surface area contributed by atoms with Crippen LogP contribution in [0, 0.1) is 6.92 Å². The summed E-state index contributed by atoms with van der Waals surface area (Å²) in [7, 11) is -2.53. The van der Waals surface area contributed by atoms with Crippen LogP contribution in [0.25, 0.3) is 10.8 Å². The van der Waals surface area contributed by atoms with Gasteiger partial charge in [-0.15, -0.1) is 0 Å². The number of benzene rings is 3. The monoisotopic (exact) mass is 495 g/mol. The van der Waals surface area contributed by atoms with Crippen molar-refractivity contribution in [2.75, 3.05) is 20.1 Å². The van der Waals surface area contributed by atoms with Crippen molar-refractivity contribution in [3.8, 4) is 0 Å². The molecule has 1 atom stereocenters. The molecule has 3 aromatic rings. The Bertz CT molecular complexity index is 1310. The fraction of sp³-hybridized carbons (Fsp3) is 0.333. The van der Waals surface area contributed by atoms with Gasteiger partial charge in [0.05, 0.1) is 11.4 Å². The molecule has 0 radical (unpaired) electrons. The summed E-state index contributed by atoms with van der Waals surface area (Å²) in [5, 5.41) is 4.56. The minimum absolute atomic E-state index is 0.116. The third-order valence-corrected chi connectivity index (χ3v) is 7.74. The van der Waals surface area contributed by atoms with E-state index in [2.05, 4.69) is 5.32 Å². The minimum atomic E-state index is -3.91. The molecule has 0 spiro atoms. The van der Waals surface area contributed by atoms with E-state index >= 15 is 0 Å². The Morgan fingerprint density at radius 1 is 0.971 bits per heavy atom. The lowest BCUT2D eigenvalue weighted by molar-refractivity contribution is -0.140. The number of amides is 2. The fourth-order valence-electron chi connectivity index (χ4n) is 3.86. The molecule has 0 fully saturated rings. The first-order valence-corrected chi connectivity index (χ1v) is 13.2. The van der Waals surface area contributed by atoms with Crippen LogP contribution in [0.5, 0.6) is 0 Å². The van der Waals surface area contributed by atoms with Gasteiger partial charge in [0, 0.05) is 20.1 Å². The van der Waals surface area contributed by atoms with E-state index < -0.39 is 22.0 Å². The maximum absolute atomic E-state index is 13.4. The predicted octanol–water partition coefficient (Wildman–Crippen LogP) is 3.71. The summed E-state index contributed by atoms with van der Waals surface area (Å²) in [5.74, 6) is -0.717. The highest BCUT2D eigenvalue weighted by atomic mass is 32.2. The number of rotatable bonds is 10. The van der Waals surface area contributed by atoms with Crippen LogP contribution in [0.4, 0.5) is 0 Å². The molecule has 0 aliphatic rings. The number of likely N-dealkylation sites (N-methyl/N-ethyl adjacent to an activating group) is 1. The third kappa shape index (κ3) is 6.46. The summed E-state index contributed by atoms with van der Waals surface area (Å²) < 4.78 is 27.6. The lowest BCUT2D eigenvalue weighted by Gasteiger charge is -2.30. The van der Waals surface area contributed by atoms with Gasteiger partial charge < -0.3 is 10.2 Å².